The minimum Gasteiger partial charge on any atom is -0.289 e. The monoisotopic (exact) mass is 350 g/mol. The molecule has 0 spiro atoms. The molecule has 1 aliphatic heterocycles. The van der Waals surface area contributed by atoms with Gasteiger partial charge in [0.1, 0.15) is 5.82 Å². The molecular formula is C20H15FN2OS. The van der Waals surface area contributed by atoms with Crippen LogP contribution in [-0.2, 0) is 6.54 Å². The van der Waals surface area contributed by atoms with Crippen molar-refractivity contribution in [1.29, 1.82) is 0 Å². The van der Waals surface area contributed by atoms with Crippen LogP contribution in [0.25, 0.3) is 6.08 Å². The van der Waals surface area contributed by atoms with Crippen molar-refractivity contribution in [2.45, 2.75) is 11.4 Å². The zero-order chi connectivity index (χ0) is 17.2. The second-order valence-corrected chi connectivity index (χ2v) is 6.90. The van der Waals surface area contributed by atoms with Crippen molar-refractivity contribution < 1.29 is 9.18 Å². The van der Waals surface area contributed by atoms with E-state index in [-0.39, 0.29) is 11.6 Å². The van der Waals surface area contributed by atoms with Crippen molar-refractivity contribution >= 4 is 23.6 Å². The van der Waals surface area contributed by atoms with E-state index in [9.17, 15) is 9.18 Å². The molecule has 0 fully saturated rings. The molecule has 2 heterocycles. The summed E-state index contributed by atoms with van der Waals surface area (Å²) in [5.74, 6) is 0.0927. The highest BCUT2D eigenvalue weighted by Gasteiger charge is 2.23. The number of aromatic nitrogens is 2. The van der Waals surface area contributed by atoms with Gasteiger partial charge in [0.15, 0.2) is 5.78 Å². The number of thioether (sulfide) groups is 1. The molecule has 5 heteroatoms. The van der Waals surface area contributed by atoms with E-state index >= 15 is 0 Å². The number of Topliss-reactive ketones (excluding diaryl/α,β-unsaturated/α-hetero) is 1. The van der Waals surface area contributed by atoms with Crippen LogP contribution in [0.15, 0.2) is 71.4 Å². The van der Waals surface area contributed by atoms with Gasteiger partial charge < -0.3 is 0 Å². The fourth-order valence-corrected chi connectivity index (χ4v) is 3.82. The highest BCUT2D eigenvalue weighted by atomic mass is 32.2. The van der Waals surface area contributed by atoms with E-state index in [1.165, 1.54) is 17.7 Å². The predicted molar refractivity (Wildman–Crippen MR) is 97.2 cm³/mol. The van der Waals surface area contributed by atoms with Crippen LogP contribution in [0.5, 0.6) is 0 Å². The maximum Gasteiger partial charge on any atom is 0.191 e. The van der Waals surface area contributed by atoms with Crippen molar-refractivity contribution in [2.75, 3.05) is 5.75 Å². The minimum absolute atomic E-state index is 0.107. The predicted octanol–water partition coefficient (Wildman–Crippen LogP) is 4.44. The molecule has 1 aromatic heterocycles. The number of nitrogens with zero attached hydrogens (tertiary/aromatic N) is 2. The first-order valence-electron chi connectivity index (χ1n) is 7.93. The molecule has 0 unspecified atom stereocenters. The van der Waals surface area contributed by atoms with Crippen LogP contribution in [0.4, 0.5) is 4.39 Å². The van der Waals surface area contributed by atoms with Crippen molar-refractivity contribution in [3.8, 4) is 0 Å². The molecule has 4 rings (SSSR count). The Bertz CT molecular complexity index is 963. The number of benzene rings is 2. The molecule has 3 nitrogen and oxygen atoms in total. The normalized spacial score (nSPS) is 15.4. The van der Waals surface area contributed by atoms with E-state index in [0.717, 1.165) is 10.5 Å². The highest BCUT2D eigenvalue weighted by Crippen LogP contribution is 2.33. The minimum atomic E-state index is -0.385. The molecule has 3 aromatic rings. The van der Waals surface area contributed by atoms with E-state index in [0.29, 0.717) is 23.4 Å². The Balaban J connectivity index is 1.56. The number of ketones is 1. The van der Waals surface area contributed by atoms with Gasteiger partial charge in [-0.3, -0.25) is 9.48 Å². The van der Waals surface area contributed by atoms with Crippen LogP contribution < -0.4 is 0 Å². The van der Waals surface area contributed by atoms with Gasteiger partial charge >= 0.3 is 0 Å². The van der Waals surface area contributed by atoms with Gasteiger partial charge in [0, 0.05) is 33.5 Å². The van der Waals surface area contributed by atoms with Gasteiger partial charge in [0.25, 0.3) is 0 Å². The second kappa shape index (κ2) is 6.69. The standard InChI is InChI=1S/C20H15FN2OS/c21-17-6-7-19-18(9-17)20(24)16(13-25-19)8-15-10-22-23(12-15)11-14-4-2-1-3-5-14/h1-10,12H,11,13H2/b16-8+. The molecule has 0 saturated carbocycles. The summed E-state index contributed by atoms with van der Waals surface area (Å²) >= 11 is 1.55. The largest absolute Gasteiger partial charge is 0.289 e. The number of fused-ring (bicyclic) bond motifs is 1. The third-order valence-corrected chi connectivity index (χ3v) is 5.16. The summed E-state index contributed by atoms with van der Waals surface area (Å²) < 4.78 is 15.3. The number of rotatable bonds is 3. The number of hydrogen-bond acceptors (Lipinski definition) is 3. The maximum absolute atomic E-state index is 13.4. The quantitative estimate of drug-likeness (QED) is 0.655. The van der Waals surface area contributed by atoms with Crippen LogP contribution in [0.2, 0.25) is 0 Å². The first-order chi connectivity index (χ1) is 12.2. The maximum atomic E-state index is 13.4. The van der Waals surface area contributed by atoms with E-state index < -0.39 is 0 Å². The third-order valence-electron chi connectivity index (χ3n) is 4.04. The van der Waals surface area contributed by atoms with Crippen LogP contribution >= 0.6 is 11.8 Å². The van der Waals surface area contributed by atoms with Crippen molar-refractivity contribution in [3.63, 3.8) is 0 Å². The Labute approximate surface area is 149 Å². The molecule has 0 N–H and O–H groups in total. The summed E-state index contributed by atoms with van der Waals surface area (Å²) in [6.45, 7) is 0.681. The summed E-state index contributed by atoms with van der Waals surface area (Å²) in [5.41, 5.74) is 3.15. The summed E-state index contributed by atoms with van der Waals surface area (Å²) in [4.78, 5) is 13.4. The lowest BCUT2D eigenvalue weighted by Gasteiger charge is -2.16. The van der Waals surface area contributed by atoms with Crippen LogP contribution in [0.1, 0.15) is 21.5 Å². The molecule has 1 aliphatic rings. The molecular weight excluding hydrogens is 335 g/mol. The fourth-order valence-electron chi connectivity index (χ4n) is 2.82. The molecule has 0 saturated heterocycles. The summed E-state index contributed by atoms with van der Waals surface area (Å²) in [6, 6.07) is 14.4. The Morgan fingerprint density at radius 3 is 2.88 bits per heavy atom. The molecule has 2 aromatic carbocycles. The van der Waals surface area contributed by atoms with Crippen molar-refractivity contribution in [2.24, 2.45) is 0 Å². The Morgan fingerprint density at radius 1 is 1.20 bits per heavy atom. The van der Waals surface area contributed by atoms with Gasteiger partial charge in [-0.1, -0.05) is 30.3 Å². The molecule has 0 radical (unpaired) electrons. The highest BCUT2D eigenvalue weighted by molar-refractivity contribution is 7.99. The lowest BCUT2D eigenvalue weighted by Crippen LogP contribution is -2.12. The molecule has 0 aliphatic carbocycles. The second-order valence-electron chi connectivity index (χ2n) is 5.88. The third kappa shape index (κ3) is 3.42. The van der Waals surface area contributed by atoms with Crippen molar-refractivity contribution in [3.05, 3.63) is 89.0 Å². The zero-order valence-corrected chi connectivity index (χ0v) is 14.2. The Hall–Kier alpha value is -2.66. The van der Waals surface area contributed by atoms with Gasteiger partial charge in [-0.25, -0.2) is 4.39 Å². The van der Waals surface area contributed by atoms with Gasteiger partial charge in [-0.2, -0.15) is 5.10 Å². The molecule has 124 valence electrons. The smallest absolute Gasteiger partial charge is 0.191 e. The summed E-state index contributed by atoms with van der Waals surface area (Å²) in [6.07, 6.45) is 5.51. The number of carbonyl (C=O) groups is 1. The lowest BCUT2D eigenvalue weighted by atomic mass is 10.0. The van der Waals surface area contributed by atoms with Gasteiger partial charge in [-0.05, 0) is 29.8 Å². The van der Waals surface area contributed by atoms with E-state index in [2.05, 4.69) is 5.10 Å². The SMILES string of the molecule is O=C1/C(=C/c2cnn(Cc3ccccc3)c2)CSc2ccc(F)cc21. The molecule has 0 bridgehead atoms. The Morgan fingerprint density at radius 2 is 2.04 bits per heavy atom. The first kappa shape index (κ1) is 15.8. The van der Waals surface area contributed by atoms with Gasteiger partial charge in [-0.15, -0.1) is 11.8 Å². The summed E-state index contributed by atoms with van der Waals surface area (Å²) in [5, 5.41) is 4.35. The van der Waals surface area contributed by atoms with E-state index in [1.807, 2.05) is 47.3 Å². The molecule has 0 atom stereocenters. The number of carbonyl (C=O) groups excluding carboxylic acids is 1. The van der Waals surface area contributed by atoms with Crippen LogP contribution in [0, 0.1) is 5.82 Å². The Kier molecular flexibility index (Phi) is 4.24. The average molecular weight is 350 g/mol. The topological polar surface area (TPSA) is 34.9 Å². The van der Waals surface area contributed by atoms with Crippen LogP contribution in [0.3, 0.4) is 0 Å². The van der Waals surface area contributed by atoms with E-state index in [1.54, 1.807) is 24.0 Å². The van der Waals surface area contributed by atoms with Crippen molar-refractivity contribution in [1.82, 2.24) is 9.78 Å². The van der Waals surface area contributed by atoms with E-state index in [4.69, 9.17) is 0 Å². The summed E-state index contributed by atoms with van der Waals surface area (Å²) in [7, 11) is 0. The first-order valence-corrected chi connectivity index (χ1v) is 8.91. The van der Waals surface area contributed by atoms with Crippen LogP contribution in [-0.4, -0.2) is 21.3 Å². The molecule has 25 heavy (non-hydrogen) atoms. The number of halogens is 1. The molecule has 0 amide bonds. The lowest BCUT2D eigenvalue weighted by molar-refractivity contribution is 0.103. The van der Waals surface area contributed by atoms with Gasteiger partial charge in [0.2, 0.25) is 0 Å². The zero-order valence-electron chi connectivity index (χ0n) is 13.4. The van der Waals surface area contributed by atoms with Gasteiger partial charge in [0.05, 0.1) is 12.7 Å². The number of hydrogen-bond donors (Lipinski definition) is 0. The average Bonchev–Trinajstić information content (AvgIpc) is 3.06. The fraction of sp³-hybridized carbons (Fsp3) is 0.100.